The molecule has 0 fully saturated rings. The highest BCUT2D eigenvalue weighted by Gasteiger charge is 2.22. The molecule has 120 valence electrons. The molecule has 1 heterocycles. The zero-order valence-corrected chi connectivity index (χ0v) is 14.1. The first-order chi connectivity index (χ1) is 11.1. The van der Waals surface area contributed by atoms with E-state index in [1.165, 1.54) is 16.7 Å². The fraction of sp³-hybridized carbons (Fsp3) is 0.316. The molecule has 4 heteroatoms. The van der Waals surface area contributed by atoms with Crippen molar-refractivity contribution in [1.82, 2.24) is 4.90 Å². The van der Waals surface area contributed by atoms with Crippen LogP contribution in [0.4, 0.5) is 0 Å². The van der Waals surface area contributed by atoms with Gasteiger partial charge in [0.05, 0.1) is 0 Å². The Labute approximate surface area is 142 Å². The van der Waals surface area contributed by atoms with Crippen molar-refractivity contribution in [2.45, 2.75) is 25.9 Å². The summed E-state index contributed by atoms with van der Waals surface area (Å²) in [6.45, 7) is 4.14. The summed E-state index contributed by atoms with van der Waals surface area (Å²) in [6, 6.07) is 16.5. The van der Waals surface area contributed by atoms with E-state index in [9.17, 15) is 4.79 Å². The summed E-state index contributed by atoms with van der Waals surface area (Å²) in [7, 11) is 0. The number of fused-ring (bicyclic) bond motifs is 1. The van der Waals surface area contributed by atoms with E-state index in [4.69, 9.17) is 11.6 Å². The highest BCUT2D eigenvalue weighted by atomic mass is 35.5. The molecule has 0 radical (unpaired) electrons. The zero-order chi connectivity index (χ0) is 16.2. The van der Waals surface area contributed by atoms with E-state index in [0.29, 0.717) is 6.54 Å². The Morgan fingerprint density at radius 3 is 2.61 bits per heavy atom. The van der Waals surface area contributed by atoms with Crippen molar-refractivity contribution in [3.8, 4) is 0 Å². The van der Waals surface area contributed by atoms with Crippen LogP contribution in [0.1, 0.15) is 29.7 Å². The molecule has 3 rings (SSSR count). The zero-order valence-electron chi connectivity index (χ0n) is 13.3. The molecule has 0 saturated carbocycles. The van der Waals surface area contributed by atoms with Gasteiger partial charge < -0.3 is 10.2 Å². The largest absolute Gasteiger partial charge is 0.333 e. The number of halogens is 1. The van der Waals surface area contributed by atoms with Crippen molar-refractivity contribution in [3.63, 3.8) is 0 Å². The third-order valence-electron chi connectivity index (χ3n) is 4.53. The molecular weight excluding hydrogens is 308 g/mol. The number of hydrogen-bond donors (Lipinski definition) is 1. The second-order valence-electron chi connectivity index (χ2n) is 6.11. The van der Waals surface area contributed by atoms with Crippen LogP contribution in [-0.2, 0) is 17.8 Å². The Kier molecular flexibility index (Phi) is 4.99. The Morgan fingerprint density at radius 2 is 1.87 bits per heavy atom. The summed E-state index contributed by atoms with van der Waals surface area (Å²) in [6.07, 6.45) is 0.953. The molecule has 0 aliphatic carbocycles. The van der Waals surface area contributed by atoms with Crippen LogP contribution >= 0.6 is 11.6 Å². The minimum Gasteiger partial charge on any atom is -0.333 e. The topological polar surface area (TPSA) is 36.9 Å². The van der Waals surface area contributed by atoms with Gasteiger partial charge in [-0.05, 0) is 36.6 Å². The summed E-state index contributed by atoms with van der Waals surface area (Å²) in [5, 5.41) is 2.83. The lowest BCUT2D eigenvalue weighted by atomic mass is 10.00. The van der Waals surface area contributed by atoms with Crippen LogP contribution in [-0.4, -0.2) is 23.9 Å². The van der Waals surface area contributed by atoms with Gasteiger partial charge in [-0.3, -0.25) is 4.79 Å². The fourth-order valence-corrected chi connectivity index (χ4v) is 3.14. The minimum absolute atomic E-state index is 0.209. The van der Waals surface area contributed by atoms with Crippen molar-refractivity contribution in [1.29, 1.82) is 0 Å². The standard InChI is InChI=1S/C19H21ClN2O/c1-14(15-6-8-18(20)9-7-15)21-12-19(23)22-11-10-16-4-2-3-5-17(16)13-22/h2-9,14,21H,10-13H2,1H3/p+1/t14-/m0/s1. The van der Waals surface area contributed by atoms with Gasteiger partial charge >= 0.3 is 0 Å². The molecule has 0 saturated heterocycles. The molecule has 1 aliphatic rings. The number of quaternary nitrogens is 1. The third kappa shape index (κ3) is 3.92. The van der Waals surface area contributed by atoms with Crippen LogP contribution in [0.3, 0.4) is 0 Å². The minimum atomic E-state index is 0.209. The van der Waals surface area contributed by atoms with Gasteiger partial charge in [0.25, 0.3) is 5.91 Å². The maximum Gasteiger partial charge on any atom is 0.278 e. The Bertz CT molecular complexity index is 684. The van der Waals surface area contributed by atoms with Gasteiger partial charge in [0, 0.05) is 23.7 Å². The molecule has 3 nitrogen and oxygen atoms in total. The van der Waals surface area contributed by atoms with E-state index in [0.717, 1.165) is 24.5 Å². The SMILES string of the molecule is C[C@H]([NH2+]CC(=O)N1CCc2ccccc2C1)c1ccc(Cl)cc1. The van der Waals surface area contributed by atoms with Gasteiger partial charge in [0.1, 0.15) is 6.04 Å². The maximum absolute atomic E-state index is 12.5. The van der Waals surface area contributed by atoms with E-state index in [1.54, 1.807) is 0 Å². The molecule has 2 aromatic carbocycles. The van der Waals surface area contributed by atoms with Crippen LogP contribution in [0, 0.1) is 0 Å². The van der Waals surface area contributed by atoms with Gasteiger partial charge in [0.2, 0.25) is 0 Å². The van der Waals surface area contributed by atoms with Crippen LogP contribution < -0.4 is 5.32 Å². The lowest BCUT2D eigenvalue weighted by molar-refractivity contribution is -0.683. The summed E-state index contributed by atoms with van der Waals surface area (Å²) in [5.74, 6) is 0.209. The maximum atomic E-state index is 12.5. The van der Waals surface area contributed by atoms with Crippen molar-refractivity contribution in [3.05, 3.63) is 70.2 Å². The van der Waals surface area contributed by atoms with Crippen molar-refractivity contribution >= 4 is 17.5 Å². The summed E-state index contributed by atoms with van der Waals surface area (Å²) in [4.78, 5) is 14.4. The molecule has 2 aromatic rings. The molecule has 0 spiro atoms. The normalized spacial score (nSPS) is 15.1. The van der Waals surface area contributed by atoms with E-state index >= 15 is 0 Å². The van der Waals surface area contributed by atoms with Gasteiger partial charge in [0.15, 0.2) is 6.54 Å². The molecule has 0 aromatic heterocycles. The number of nitrogens with two attached hydrogens (primary N) is 1. The van der Waals surface area contributed by atoms with Crippen molar-refractivity contribution in [2.24, 2.45) is 0 Å². The fourth-order valence-electron chi connectivity index (χ4n) is 3.02. The first-order valence-corrected chi connectivity index (χ1v) is 8.44. The van der Waals surface area contributed by atoms with Gasteiger partial charge in [-0.2, -0.15) is 0 Å². The summed E-state index contributed by atoms with van der Waals surface area (Å²) >= 11 is 5.92. The van der Waals surface area contributed by atoms with Gasteiger partial charge in [-0.1, -0.05) is 48.0 Å². The van der Waals surface area contributed by atoms with E-state index in [2.05, 4.69) is 30.4 Å². The van der Waals surface area contributed by atoms with Gasteiger partial charge in [-0.25, -0.2) is 0 Å². The highest BCUT2D eigenvalue weighted by molar-refractivity contribution is 6.30. The molecule has 1 atom stereocenters. The number of carbonyl (C=O) groups is 1. The van der Waals surface area contributed by atoms with E-state index < -0.39 is 0 Å². The first-order valence-electron chi connectivity index (χ1n) is 8.07. The third-order valence-corrected chi connectivity index (χ3v) is 4.78. The highest BCUT2D eigenvalue weighted by Crippen LogP contribution is 2.18. The quantitative estimate of drug-likeness (QED) is 0.919. The molecular formula is C19H22ClN2O+. The van der Waals surface area contributed by atoms with Crippen molar-refractivity contribution < 1.29 is 10.1 Å². The predicted molar refractivity (Wildman–Crippen MR) is 92.2 cm³/mol. The molecule has 1 aliphatic heterocycles. The smallest absolute Gasteiger partial charge is 0.278 e. The van der Waals surface area contributed by atoms with E-state index in [-0.39, 0.29) is 11.9 Å². The number of hydrogen-bond acceptors (Lipinski definition) is 1. The number of nitrogens with zero attached hydrogens (tertiary/aromatic N) is 1. The van der Waals surface area contributed by atoms with E-state index in [1.807, 2.05) is 35.2 Å². The predicted octanol–water partition coefficient (Wildman–Crippen LogP) is 2.55. The summed E-state index contributed by atoms with van der Waals surface area (Å²) in [5.41, 5.74) is 3.83. The van der Waals surface area contributed by atoms with Crippen LogP contribution in [0.5, 0.6) is 0 Å². The Morgan fingerprint density at radius 1 is 1.17 bits per heavy atom. The van der Waals surface area contributed by atoms with Gasteiger partial charge in [-0.15, -0.1) is 0 Å². The second kappa shape index (κ2) is 7.16. The Balaban J connectivity index is 1.55. The van der Waals surface area contributed by atoms with Crippen LogP contribution in [0.15, 0.2) is 48.5 Å². The van der Waals surface area contributed by atoms with Crippen LogP contribution in [0.2, 0.25) is 5.02 Å². The summed E-state index contributed by atoms with van der Waals surface area (Å²) < 4.78 is 0. The number of rotatable bonds is 4. The molecule has 0 bridgehead atoms. The number of benzene rings is 2. The number of carbonyl (C=O) groups excluding carboxylic acids is 1. The average molecular weight is 330 g/mol. The number of amides is 1. The lowest BCUT2D eigenvalue weighted by Gasteiger charge is -2.28. The molecule has 2 N–H and O–H groups in total. The Hall–Kier alpha value is -1.84. The molecule has 0 unspecified atom stereocenters. The molecule has 23 heavy (non-hydrogen) atoms. The second-order valence-corrected chi connectivity index (χ2v) is 6.55. The van der Waals surface area contributed by atoms with Crippen molar-refractivity contribution in [2.75, 3.05) is 13.1 Å². The monoisotopic (exact) mass is 329 g/mol. The van der Waals surface area contributed by atoms with Crippen LogP contribution in [0.25, 0.3) is 0 Å². The molecule has 1 amide bonds. The lowest BCUT2D eigenvalue weighted by Crippen LogP contribution is -2.87. The first kappa shape index (κ1) is 16.0. The average Bonchev–Trinajstić information content (AvgIpc) is 2.59.